The van der Waals surface area contributed by atoms with Gasteiger partial charge in [0.2, 0.25) is 0 Å². The highest BCUT2D eigenvalue weighted by molar-refractivity contribution is 5.85. The smallest absolute Gasteiger partial charge is 0.126 e. The summed E-state index contributed by atoms with van der Waals surface area (Å²) in [6, 6.07) is 3.33. The molecule has 20 heavy (non-hydrogen) atoms. The third kappa shape index (κ3) is 4.80. The molecule has 0 fully saturated rings. The van der Waals surface area contributed by atoms with Crippen molar-refractivity contribution in [1.29, 1.82) is 0 Å². The molecule has 0 unspecified atom stereocenters. The Labute approximate surface area is 118 Å². The summed E-state index contributed by atoms with van der Waals surface area (Å²) in [6.07, 6.45) is 5.13. The van der Waals surface area contributed by atoms with Gasteiger partial charge in [0.1, 0.15) is 11.6 Å². The van der Waals surface area contributed by atoms with E-state index in [9.17, 15) is 8.78 Å². The Morgan fingerprint density at radius 3 is 2.40 bits per heavy atom. The second kappa shape index (κ2) is 7.38. The molecule has 0 aliphatic carbocycles. The number of hydrogen-bond acceptors (Lipinski definition) is 2. The number of rotatable bonds is 5. The number of nitrogens with zero attached hydrogens (tertiary/aromatic N) is 1. The number of aliphatic imine (C=N–C) groups is 1. The molecule has 106 valence electrons. The highest BCUT2D eigenvalue weighted by Gasteiger charge is 2.01. The zero-order chi connectivity index (χ0) is 15.1. The van der Waals surface area contributed by atoms with Crippen molar-refractivity contribution < 1.29 is 8.78 Å². The van der Waals surface area contributed by atoms with Crippen LogP contribution in [-0.2, 0) is 6.54 Å². The Kier molecular flexibility index (Phi) is 5.84. The van der Waals surface area contributed by atoms with Crippen LogP contribution in [0.1, 0.15) is 19.4 Å². The first-order valence-electron chi connectivity index (χ1n) is 6.17. The van der Waals surface area contributed by atoms with Gasteiger partial charge in [-0.3, -0.25) is 4.99 Å². The number of hydrogen-bond donors (Lipinski definition) is 1. The molecular weight excluding hydrogens is 258 g/mol. The molecule has 0 aromatic heterocycles. The van der Waals surface area contributed by atoms with E-state index in [1.807, 2.05) is 19.9 Å². The van der Waals surface area contributed by atoms with Crippen molar-refractivity contribution in [2.75, 3.05) is 0 Å². The summed E-state index contributed by atoms with van der Waals surface area (Å²) in [6.45, 7) is 7.68. The fourth-order valence-electron chi connectivity index (χ4n) is 1.65. The van der Waals surface area contributed by atoms with Crippen LogP contribution in [0.25, 0.3) is 0 Å². The lowest BCUT2D eigenvalue weighted by atomic mass is 10.1. The molecule has 2 N–H and O–H groups in total. The van der Waals surface area contributed by atoms with Crippen molar-refractivity contribution in [2.24, 2.45) is 10.7 Å². The lowest BCUT2D eigenvalue weighted by Crippen LogP contribution is -2.02. The molecule has 0 bridgehead atoms. The lowest BCUT2D eigenvalue weighted by Gasteiger charge is -2.04. The second-order valence-corrected chi connectivity index (χ2v) is 4.40. The van der Waals surface area contributed by atoms with Crippen molar-refractivity contribution in [3.8, 4) is 0 Å². The Morgan fingerprint density at radius 1 is 1.30 bits per heavy atom. The fourth-order valence-corrected chi connectivity index (χ4v) is 1.65. The van der Waals surface area contributed by atoms with Crippen LogP contribution in [0.2, 0.25) is 0 Å². The van der Waals surface area contributed by atoms with Crippen LogP contribution in [0.5, 0.6) is 0 Å². The third-order valence-electron chi connectivity index (χ3n) is 2.53. The van der Waals surface area contributed by atoms with Gasteiger partial charge in [0.25, 0.3) is 0 Å². The van der Waals surface area contributed by atoms with Crippen molar-refractivity contribution in [2.45, 2.75) is 20.4 Å². The maximum Gasteiger partial charge on any atom is 0.126 e. The monoisotopic (exact) mass is 276 g/mol. The van der Waals surface area contributed by atoms with Crippen molar-refractivity contribution in [3.05, 3.63) is 71.0 Å². The zero-order valence-electron chi connectivity index (χ0n) is 11.7. The molecule has 1 aromatic carbocycles. The molecule has 4 heteroatoms. The molecule has 0 saturated heterocycles. The van der Waals surface area contributed by atoms with E-state index in [1.54, 1.807) is 12.3 Å². The van der Waals surface area contributed by atoms with Crippen molar-refractivity contribution in [3.63, 3.8) is 0 Å². The van der Waals surface area contributed by atoms with Gasteiger partial charge in [-0.15, -0.1) is 0 Å². The topological polar surface area (TPSA) is 38.4 Å². The molecule has 0 aliphatic rings. The maximum atomic E-state index is 13.0. The van der Waals surface area contributed by atoms with Gasteiger partial charge in [0.05, 0.1) is 6.54 Å². The van der Waals surface area contributed by atoms with Gasteiger partial charge >= 0.3 is 0 Å². The van der Waals surface area contributed by atoms with Crippen LogP contribution < -0.4 is 5.73 Å². The van der Waals surface area contributed by atoms with E-state index in [-0.39, 0.29) is 6.54 Å². The predicted octanol–water partition coefficient (Wildman–Crippen LogP) is 3.90. The summed E-state index contributed by atoms with van der Waals surface area (Å²) in [4.78, 5) is 4.16. The fraction of sp³-hybridized carbons (Fsp3) is 0.188. The Balaban J connectivity index is 2.90. The molecule has 0 aliphatic heterocycles. The number of allylic oxidation sites excluding steroid dienone is 4. The van der Waals surface area contributed by atoms with E-state index in [0.717, 1.165) is 11.6 Å². The largest absolute Gasteiger partial charge is 0.398 e. The van der Waals surface area contributed by atoms with Crippen LogP contribution in [-0.4, -0.2) is 6.21 Å². The highest BCUT2D eigenvalue weighted by Crippen LogP contribution is 2.11. The normalized spacial score (nSPS) is 13.0. The predicted molar refractivity (Wildman–Crippen MR) is 79.4 cm³/mol. The molecule has 1 rings (SSSR count). The van der Waals surface area contributed by atoms with Crippen LogP contribution in [0.3, 0.4) is 0 Å². The minimum atomic E-state index is -0.612. The molecule has 1 aromatic rings. The quantitative estimate of drug-likeness (QED) is 0.643. The molecule has 0 saturated carbocycles. The molecule has 0 heterocycles. The third-order valence-corrected chi connectivity index (χ3v) is 2.53. The van der Waals surface area contributed by atoms with Gasteiger partial charge in [-0.25, -0.2) is 8.78 Å². The SMILES string of the molecule is C=C(C)/C(C=NCc1cc(F)cc(F)c1)=C(N)\C=C/C. The standard InChI is InChI=1S/C16H18F2N2/c1-4-5-16(19)15(11(2)3)10-20-9-12-6-13(17)8-14(18)7-12/h4-8,10H,2,9,19H2,1,3H3/b5-4-,16-15+,20-10?. The Hall–Kier alpha value is -2.23. The molecule has 0 amide bonds. The molecule has 0 atom stereocenters. The molecule has 0 radical (unpaired) electrons. The first kappa shape index (κ1) is 15.8. The summed E-state index contributed by atoms with van der Waals surface area (Å²) >= 11 is 0. The summed E-state index contributed by atoms with van der Waals surface area (Å²) in [5, 5.41) is 0. The molecule has 0 spiro atoms. The van der Waals surface area contributed by atoms with E-state index in [0.29, 0.717) is 16.8 Å². The van der Waals surface area contributed by atoms with Crippen LogP contribution in [0.15, 0.2) is 58.8 Å². The molecule has 2 nitrogen and oxygen atoms in total. The maximum absolute atomic E-state index is 13.0. The summed E-state index contributed by atoms with van der Waals surface area (Å²) < 4.78 is 26.1. The summed E-state index contributed by atoms with van der Waals surface area (Å²) in [5.41, 5.74) is 8.37. The second-order valence-electron chi connectivity index (χ2n) is 4.40. The number of nitrogens with two attached hydrogens (primary N) is 1. The van der Waals surface area contributed by atoms with Gasteiger partial charge in [-0.1, -0.05) is 12.7 Å². The van der Waals surface area contributed by atoms with Gasteiger partial charge in [0, 0.05) is 23.6 Å². The van der Waals surface area contributed by atoms with Crippen molar-refractivity contribution >= 4 is 6.21 Å². The zero-order valence-corrected chi connectivity index (χ0v) is 11.7. The minimum absolute atomic E-state index is 0.175. The van der Waals surface area contributed by atoms with Gasteiger partial charge in [-0.05, 0) is 43.2 Å². The minimum Gasteiger partial charge on any atom is -0.398 e. The first-order chi connectivity index (χ1) is 9.43. The van der Waals surface area contributed by atoms with E-state index in [1.165, 1.54) is 12.1 Å². The van der Waals surface area contributed by atoms with Crippen molar-refractivity contribution in [1.82, 2.24) is 0 Å². The van der Waals surface area contributed by atoms with Crippen LogP contribution in [0.4, 0.5) is 8.78 Å². The number of halogens is 2. The highest BCUT2D eigenvalue weighted by atomic mass is 19.1. The van der Waals surface area contributed by atoms with E-state index in [2.05, 4.69) is 11.6 Å². The lowest BCUT2D eigenvalue weighted by molar-refractivity contribution is 0.580. The van der Waals surface area contributed by atoms with Gasteiger partial charge < -0.3 is 5.73 Å². The number of benzene rings is 1. The van der Waals surface area contributed by atoms with E-state index >= 15 is 0 Å². The molecular formula is C16H18F2N2. The van der Waals surface area contributed by atoms with Crippen LogP contribution in [0, 0.1) is 11.6 Å². The van der Waals surface area contributed by atoms with E-state index < -0.39 is 11.6 Å². The average Bonchev–Trinajstić information content (AvgIpc) is 2.33. The van der Waals surface area contributed by atoms with Crippen LogP contribution >= 0.6 is 0 Å². The summed E-state index contributed by atoms with van der Waals surface area (Å²) in [7, 11) is 0. The summed E-state index contributed by atoms with van der Waals surface area (Å²) in [5.74, 6) is -1.22. The average molecular weight is 276 g/mol. The Bertz CT molecular complexity index is 564. The first-order valence-corrected chi connectivity index (χ1v) is 6.17. The van der Waals surface area contributed by atoms with E-state index in [4.69, 9.17) is 5.73 Å². The Morgan fingerprint density at radius 2 is 1.90 bits per heavy atom. The van der Waals surface area contributed by atoms with Gasteiger partial charge in [-0.2, -0.15) is 0 Å². The van der Waals surface area contributed by atoms with Gasteiger partial charge in [0.15, 0.2) is 0 Å².